The maximum Gasteiger partial charge on any atom is 0.187 e. The Morgan fingerprint density at radius 1 is 0.645 bits per heavy atom. The number of hydrogen-bond acceptors (Lipinski definition) is 11. The van der Waals surface area contributed by atoms with Gasteiger partial charge in [0.05, 0.1) is 13.2 Å². The molecule has 0 saturated carbocycles. The van der Waals surface area contributed by atoms with E-state index in [2.05, 4.69) is 6.92 Å². The molecule has 2 rings (SSSR count). The summed E-state index contributed by atoms with van der Waals surface area (Å²) >= 11 is 0. The van der Waals surface area contributed by atoms with Crippen LogP contribution in [0.5, 0.6) is 0 Å². The number of ether oxygens (including phenoxy) is 4. The first-order valence-corrected chi connectivity index (χ1v) is 11.1. The van der Waals surface area contributed by atoms with Gasteiger partial charge in [-0.25, -0.2) is 0 Å². The molecular weight excluding hydrogens is 416 g/mol. The number of unbranched alkanes of at least 4 members (excludes halogenated alkanes) is 5. The highest BCUT2D eigenvalue weighted by Crippen LogP contribution is 2.29. The normalized spacial score (nSPS) is 41.4. The van der Waals surface area contributed by atoms with E-state index in [0.717, 1.165) is 32.1 Å². The smallest absolute Gasteiger partial charge is 0.187 e. The van der Waals surface area contributed by atoms with Gasteiger partial charge in [0.15, 0.2) is 12.6 Å². The summed E-state index contributed by atoms with van der Waals surface area (Å²) < 4.78 is 21.9. The summed E-state index contributed by atoms with van der Waals surface area (Å²) in [6, 6.07) is 0. The van der Waals surface area contributed by atoms with Crippen LogP contribution in [-0.2, 0) is 18.9 Å². The van der Waals surface area contributed by atoms with Gasteiger partial charge in [-0.1, -0.05) is 39.0 Å². The van der Waals surface area contributed by atoms with E-state index in [1.54, 1.807) is 0 Å². The molecule has 10 atom stereocenters. The van der Waals surface area contributed by atoms with E-state index < -0.39 is 74.6 Å². The fraction of sp³-hybridized carbons (Fsp3) is 1.00. The molecule has 0 bridgehead atoms. The third-order valence-corrected chi connectivity index (χ3v) is 5.74. The topological polar surface area (TPSA) is 179 Å². The molecule has 7 N–H and O–H groups in total. The van der Waals surface area contributed by atoms with Crippen molar-refractivity contribution in [2.45, 2.75) is 107 Å². The number of aliphatic hydroxyl groups excluding tert-OH is 7. The quantitative estimate of drug-likeness (QED) is 0.162. The van der Waals surface area contributed by atoms with Crippen molar-refractivity contribution in [1.29, 1.82) is 0 Å². The lowest BCUT2D eigenvalue weighted by atomic mass is 9.97. The molecule has 11 heteroatoms. The first kappa shape index (κ1) is 26.8. The lowest BCUT2D eigenvalue weighted by Gasteiger charge is -2.45. The zero-order valence-corrected chi connectivity index (χ0v) is 17.9. The second kappa shape index (κ2) is 13.3. The van der Waals surface area contributed by atoms with Crippen molar-refractivity contribution in [3.63, 3.8) is 0 Å². The Morgan fingerprint density at radius 3 is 1.87 bits per heavy atom. The predicted octanol–water partition coefficient (Wildman–Crippen LogP) is -2.01. The van der Waals surface area contributed by atoms with Crippen LogP contribution in [0.3, 0.4) is 0 Å². The van der Waals surface area contributed by atoms with Crippen LogP contribution in [0.2, 0.25) is 0 Å². The maximum atomic E-state index is 10.5. The summed E-state index contributed by atoms with van der Waals surface area (Å²) in [4.78, 5) is 0. The zero-order chi connectivity index (χ0) is 23.0. The average Bonchev–Trinajstić information content (AvgIpc) is 2.77. The van der Waals surface area contributed by atoms with Crippen LogP contribution in [0, 0.1) is 0 Å². The van der Waals surface area contributed by atoms with Gasteiger partial charge in [0.25, 0.3) is 0 Å². The van der Waals surface area contributed by atoms with Gasteiger partial charge in [-0.15, -0.1) is 0 Å². The first-order chi connectivity index (χ1) is 14.8. The van der Waals surface area contributed by atoms with Gasteiger partial charge in [0, 0.05) is 6.61 Å². The van der Waals surface area contributed by atoms with Crippen molar-refractivity contribution in [3.8, 4) is 0 Å². The van der Waals surface area contributed by atoms with Crippen molar-refractivity contribution >= 4 is 0 Å². The molecule has 0 aliphatic carbocycles. The zero-order valence-electron chi connectivity index (χ0n) is 17.9. The highest BCUT2D eigenvalue weighted by Gasteiger charge is 2.50. The number of aliphatic hydroxyl groups is 7. The standard InChI is InChI=1S/C20H38O11/c1-2-3-4-5-6-7-8-28-19-17(27)15(25)18(12(10-22)30-19)31-20-16(26)14(24)13(23)11(9-21)29-20/h11-27H,2-10H2,1H3/t11-,12+,13+,14-,15+,16+,17+,18+,19+,20+/m0/s1. The predicted molar refractivity (Wildman–Crippen MR) is 106 cm³/mol. The third kappa shape index (κ3) is 7.02. The Hall–Kier alpha value is -0.440. The molecule has 0 radical (unpaired) electrons. The molecule has 2 saturated heterocycles. The molecule has 2 fully saturated rings. The van der Waals surface area contributed by atoms with Crippen LogP contribution >= 0.6 is 0 Å². The van der Waals surface area contributed by atoms with Gasteiger partial charge in [0.2, 0.25) is 0 Å². The molecule has 0 aromatic carbocycles. The summed E-state index contributed by atoms with van der Waals surface area (Å²) in [6.07, 6.45) is -7.98. The lowest BCUT2D eigenvalue weighted by Crippen LogP contribution is -2.64. The lowest BCUT2D eigenvalue weighted by molar-refractivity contribution is -0.359. The van der Waals surface area contributed by atoms with Gasteiger partial charge >= 0.3 is 0 Å². The minimum atomic E-state index is -1.69. The molecule has 2 aliphatic heterocycles. The van der Waals surface area contributed by atoms with Gasteiger partial charge in [0.1, 0.15) is 48.8 Å². The molecule has 184 valence electrons. The minimum Gasteiger partial charge on any atom is -0.394 e. The fourth-order valence-corrected chi connectivity index (χ4v) is 3.77. The van der Waals surface area contributed by atoms with E-state index in [4.69, 9.17) is 18.9 Å². The van der Waals surface area contributed by atoms with E-state index in [9.17, 15) is 35.7 Å². The van der Waals surface area contributed by atoms with Crippen molar-refractivity contribution in [3.05, 3.63) is 0 Å². The largest absolute Gasteiger partial charge is 0.394 e. The van der Waals surface area contributed by atoms with E-state index in [0.29, 0.717) is 6.61 Å². The molecule has 11 nitrogen and oxygen atoms in total. The summed E-state index contributed by atoms with van der Waals surface area (Å²) in [6.45, 7) is 1.23. The van der Waals surface area contributed by atoms with Crippen LogP contribution < -0.4 is 0 Å². The van der Waals surface area contributed by atoms with Gasteiger partial charge in [-0.3, -0.25) is 0 Å². The number of rotatable bonds is 12. The van der Waals surface area contributed by atoms with Crippen LogP contribution in [0.25, 0.3) is 0 Å². The molecule has 2 heterocycles. The second-order valence-corrected chi connectivity index (χ2v) is 8.14. The summed E-state index contributed by atoms with van der Waals surface area (Å²) in [5, 5.41) is 69.7. The molecule has 0 unspecified atom stereocenters. The van der Waals surface area contributed by atoms with Crippen LogP contribution in [0.1, 0.15) is 45.4 Å². The van der Waals surface area contributed by atoms with E-state index in [1.165, 1.54) is 6.42 Å². The first-order valence-electron chi connectivity index (χ1n) is 11.1. The van der Waals surface area contributed by atoms with Crippen molar-refractivity contribution in [2.24, 2.45) is 0 Å². The highest BCUT2D eigenvalue weighted by atomic mass is 16.7. The molecule has 0 aromatic heterocycles. The molecule has 0 amide bonds. The van der Waals surface area contributed by atoms with Gasteiger partial charge in [-0.05, 0) is 6.42 Å². The SMILES string of the molecule is CCCCCCCCO[C@@H]1O[C@H](CO)[C@@H](O[C@H]2O[C@@H](CO)[C@@H](O)[C@H](O)[C@H]2O)[C@H](O)[C@H]1O. The highest BCUT2D eigenvalue weighted by molar-refractivity contribution is 4.94. The van der Waals surface area contributed by atoms with Crippen molar-refractivity contribution in [1.82, 2.24) is 0 Å². The van der Waals surface area contributed by atoms with Crippen LogP contribution in [0.4, 0.5) is 0 Å². The second-order valence-electron chi connectivity index (χ2n) is 8.14. The molecule has 0 spiro atoms. The Balaban J connectivity index is 1.90. The van der Waals surface area contributed by atoms with E-state index in [1.807, 2.05) is 0 Å². The molecular formula is C20H38O11. The van der Waals surface area contributed by atoms with Crippen LogP contribution in [0.15, 0.2) is 0 Å². The maximum absolute atomic E-state index is 10.5. The van der Waals surface area contributed by atoms with Crippen molar-refractivity contribution in [2.75, 3.05) is 19.8 Å². The summed E-state index contributed by atoms with van der Waals surface area (Å²) in [5.41, 5.74) is 0. The Morgan fingerprint density at radius 2 is 1.23 bits per heavy atom. The molecule has 31 heavy (non-hydrogen) atoms. The third-order valence-electron chi connectivity index (χ3n) is 5.74. The van der Waals surface area contributed by atoms with Gasteiger partial charge in [-0.2, -0.15) is 0 Å². The minimum absolute atomic E-state index is 0.316. The Kier molecular flexibility index (Phi) is 11.5. The fourth-order valence-electron chi connectivity index (χ4n) is 3.77. The monoisotopic (exact) mass is 454 g/mol. The Bertz CT molecular complexity index is 492. The van der Waals surface area contributed by atoms with Crippen molar-refractivity contribution < 1.29 is 54.7 Å². The average molecular weight is 455 g/mol. The van der Waals surface area contributed by atoms with Crippen LogP contribution in [-0.4, -0.2) is 117 Å². The van der Waals surface area contributed by atoms with E-state index in [-0.39, 0.29) is 0 Å². The number of hydrogen-bond donors (Lipinski definition) is 7. The summed E-state index contributed by atoms with van der Waals surface area (Å²) in [7, 11) is 0. The summed E-state index contributed by atoms with van der Waals surface area (Å²) in [5.74, 6) is 0. The van der Waals surface area contributed by atoms with E-state index >= 15 is 0 Å². The van der Waals surface area contributed by atoms with Gasteiger partial charge < -0.3 is 54.7 Å². The Labute approximate surface area is 182 Å². The molecule has 0 aromatic rings. The molecule has 2 aliphatic rings.